The average molecular weight is 270 g/mol. The molecule has 1 aromatic rings. The first-order valence-electron chi connectivity index (χ1n) is 6.48. The minimum Gasteiger partial charge on any atom is -0.354 e. The largest absolute Gasteiger partial charge is 0.354 e. The highest BCUT2D eigenvalue weighted by atomic mass is 35.5. The Kier molecular flexibility index (Phi) is 4.58. The quantitative estimate of drug-likeness (QED) is 0.911. The maximum absolute atomic E-state index is 5.89. The lowest BCUT2D eigenvalue weighted by Crippen LogP contribution is -2.20. The van der Waals surface area contributed by atoms with Gasteiger partial charge < -0.3 is 10.2 Å². The molecule has 2 rings (SSSR count). The fourth-order valence-electron chi connectivity index (χ4n) is 2.25. The van der Waals surface area contributed by atoms with Crippen molar-refractivity contribution in [2.75, 3.05) is 30.9 Å². The van der Waals surface area contributed by atoms with Crippen LogP contribution in [0.15, 0.2) is 0 Å². The van der Waals surface area contributed by atoms with E-state index in [2.05, 4.69) is 20.3 Å². The minimum atomic E-state index is 0.236. The molecule has 0 radical (unpaired) electrons. The van der Waals surface area contributed by atoms with Crippen molar-refractivity contribution < 1.29 is 0 Å². The van der Waals surface area contributed by atoms with Crippen LogP contribution in [-0.2, 0) is 0 Å². The lowest BCUT2D eigenvalue weighted by atomic mass is 9.89. The maximum atomic E-state index is 5.89. The van der Waals surface area contributed by atoms with Gasteiger partial charge in [-0.1, -0.05) is 19.3 Å². The van der Waals surface area contributed by atoms with Gasteiger partial charge in [0.05, 0.1) is 0 Å². The molecule has 1 aromatic heterocycles. The molecule has 0 spiro atoms. The number of nitrogens with one attached hydrogen (secondary N) is 1. The SMILES string of the molecule is CN(C)c1nc(Cl)nc(NCC2CCCCC2)n1. The number of hydrogen-bond acceptors (Lipinski definition) is 5. The van der Waals surface area contributed by atoms with Gasteiger partial charge in [0.15, 0.2) is 0 Å². The molecule has 0 atom stereocenters. The first kappa shape index (κ1) is 13.3. The van der Waals surface area contributed by atoms with E-state index < -0.39 is 0 Å². The summed E-state index contributed by atoms with van der Waals surface area (Å²) in [6.07, 6.45) is 6.65. The van der Waals surface area contributed by atoms with Gasteiger partial charge in [-0.05, 0) is 30.4 Å². The topological polar surface area (TPSA) is 53.9 Å². The average Bonchev–Trinajstić information content (AvgIpc) is 2.37. The summed E-state index contributed by atoms with van der Waals surface area (Å²) in [5, 5.41) is 3.51. The van der Waals surface area contributed by atoms with Crippen molar-refractivity contribution in [3.63, 3.8) is 0 Å². The molecule has 1 fully saturated rings. The van der Waals surface area contributed by atoms with Crippen molar-refractivity contribution >= 4 is 23.5 Å². The van der Waals surface area contributed by atoms with Gasteiger partial charge in [-0.25, -0.2) is 0 Å². The van der Waals surface area contributed by atoms with Crippen molar-refractivity contribution in [1.29, 1.82) is 0 Å². The molecule has 0 bridgehead atoms. The number of nitrogens with zero attached hydrogens (tertiary/aromatic N) is 4. The van der Waals surface area contributed by atoms with E-state index in [4.69, 9.17) is 11.6 Å². The van der Waals surface area contributed by atoms with Gasteiger partial charge in [0.1, 0.15) is 0 Å². The second kappa shape index (κ2) is 6.18. The van der Waals surface area contributed by atoms with Crippen molar-refractivity contribution in [3.05, 3.63) is 5.28 Å². The van der Waals surface area contributed by atoms with Gasteiger partial charge in [0.2, 0.25) is 17.2 Å². The molecule has 5 nitrogen and oxygen atoms in total. The van der Waals surface area contributed by atoms with E-state index in [1.807, 2.05) is 19.0 Å². The Labute approximate surface area is 113 Å². The van der Waals surface area contributed by atoms with Crippen LogP contribution in [0, 0.1) is 5.92 Å². The third-order valence-corrected chi connectivity index (χ3v) is 3.44. The maximum Gasteiger partial charge on any atom is 0.230 e. The van der Waals surface area contributed by atoms with Crippen LogP contribution in [-0.4, -0.2) is 35.6 Å². The van der Waals surface area contributed by atoms with Crippen LogP contribution in [0.1, 0.15) is 32.1 Å². The second-order valence-corrected chi connectivity index (χ2v) is 5.35. The summed E-state index contributed by atoms with van der Waals surface area (Å²) < 4.78 is 0. The van der Waals surface area contributed by atoms with Crippen LogP contribution >= 0.6 is 11.6 Å². The smallest absolute Gasteiger partial charge is 0.230 e. The molecule has 0 aliphatic heterocycles. The van der Waals surface area contributed by atoms with Gasteiger partial charge >= 0.3 is 0 Å². The zero-order valence-electron chi connectivity index (χ0n) is 11.0. The monoisotopic (exact) mass is 269 g/mol. The number of hydrogen-bond donors (Lipinski definition) is 1. The van der Waals surface area contributed by atoms with Crippen molar-refractivity contribution in [1.82, 2.24) is 15.0 Å². The van der Waals surface area contributed by atoms with Gasteiger partial charge in [-0.3, -0.25) is 0 Å². The summed E-state index contributed by atoms with van der Waals surface area (Å²) in [5.41, 5.74) is 0. The number of halogens is 1. The van der Waals surface area contributed by atoms with Crippen molar-refractivity contribution in [2.45, 2.75) is 32.1 Å². The third kappa shape index (κ3) is 3.70. The molecule has 1 aliphatic rings. The van der Waals surface area contributed by atoms with E-state index >= 15 is 0 Å². The molecule has 0 saturated heterocycles. The van der Waals surface area contributed by atoms with E-state index in [-0.39, 0.29) is 5.28 Å². The summed E-state index contributed by atoms with van der Waals surface area (Å²) in [7, 11) is 3.77. The number of aromatic nitrogens is 3. The zero-order valence-corrected chi connectivity index (χ0v) is 11.7. The molecule has 1 N–H and O–H groups in total. The first-order valence-corrected chi connectivity index (χ1v) is 6.85. The Hall–Kier alpha value is -1.10. The predicted octanol–water partition coefficient (Wildman–Crippen LogP) is 2.58. The Morgan fingerprint density at radius 3 is 2.56 bits per heavy atom. The normalized spacial score (nSPS) is 16.6. The molecule has 0 aromatic carbocycles. The van der Waals surface area contributed by atoms with Gasteiger partial charge in [-0.15, -0.1) is 0 Å². The lowest BCUT2D eigenvalue weighted by Gasteiger charge is -2.21. The minimum absolute atomic E-state index is 0.236. The van der Waals surface area contributed by atoms with Crippen molar-refractivity contribution in [3.8, 4) is 0 Å². The molecule has 100 valence electrons. The Morgan fingerprint density at radius 1 is 1.17 bits per heavy atom. The molecule has 1 heterocycles. The van der Waals surface area contributed by atoms with E-state index in [9.17, 15) is 0 Å². The molecular weight excluding hydrogens is 250 g/mol. The Bertz CT molecular complexity index is 390. The zero-order chi connectivity index (χ0) is 13.0. The summed E-state index contributed by atoms with van der Waals surface area (Å²) in [5.74, 6) is 1.89. The van der Waals surface area contributed by atoms with E-state index in [0.29, 0.717) is 11.9 Å². The highest BCUT2D eigenvalue weighted by Crippen LogP contribution is 2.23. The summed E-state index contributed by atoms with van der Waals surface area (Å²) in [6.45, 7) is 0.924. The van der Waals surface area contributed by atoms with Crippen LogP contribution in [0.25, 0.3) is 0 Å². The fraction of sp³-hybridized carbons (Fsp3) is 0.750. The molecule has 0 amide bonds. The standard InChI is InChI=1S/C12H20ClN5/c1-18(2)12-16-10(13)15-11(17-12)14-8-9-6-4-3-5-7-9/h9H,3-8H2,1-2H3,(H,14,15,16,17). The van der Waals surface area contributed by atoms with Crippen LogP contribution in [0.5, 0.6) is 0 Å². The summed E-state index contributed by atoms with van der Waals surface area (Å²) >= 11 is 5.89. The molecule has 0 unspecified atom stereocenters. The molecule has 18 heavy (non-hydrogen) atoms. The third-order valence-electron chi connectivity index (χ3n) is 3.27. The highest BCUT2D eigenvalue weighted by Gasteiger charge is 2.14. The van der Waals surface area contributed by atoms with Gasteiger partial charge in [0, 0.05) is 20.6 Å². The molecular formula is C12H20ClN5. The van der Waals surface area contributed by atoms with Crippen LogP contribution < -0.4 is 10.2 Å². The summed E-state index contributed by atoms with van der Waals surface area (Å²) in [4.78, 5) is 14.3. The molecule has 6 heteroatoms. The van der Waals surface area contributed by atoms with Crippen molar-refractivity contribution in [2.24, 2.45) is 5.92 Å². The first-order chi connectivity index (χ1) is 8.65. The van der Waals surface area contributed by atoms with E-state index in [1.54, 1.807) is 0 Å². The summed E-state index contributed by atoms with van der Waals surface area (Å²) in [6, 6.07) is 0. The fourth-order valence-corrected chi connectivity index (χ4v) is 2.40. The number of anilines is 2. The van der Waals surface area contributed by atoms with Gasteiger partial charge in [-0.2, -0.15) is 15.0 Å². The van der Waals surface area contributed by atoms with E-state index in [0.717, 1.165) is 12.5 Å². The predicted molar refractivity (Wildman–Crippen MR) is 74.2 cm³/mol. The second-order valence-electron chi connectivity index (χ2n) is 5.01. The Morgan fingerprint density at radius 2 is 1.89 bits per heavy atom. The Balaban J connectivity index is 1.95. The van der Waals surface area contributed by atoms with Crippen LogP contribution in [0.3, 0.4) is 0 Å². The van der Waals surface area contributed by atoms with Gasteiger partial charge in [0.25, 0.3) is 0 Å². The van der Waals surface area contributed by atoms with Crippen LogP contribution in [0.4, 0.5) is 11.9 Å². The highest BCUT2D eigenvalue weighted by molar-refractivity contribution is 6.28. The number of rotatable bonds is 4. The molecule has 1 saturated carbocycles. The van der Waals surface area contributed by atoms with E-state index in [1.165, 1.54) is 32.1 Å². The lowest BCUT2D eigenvalue weighted by molar-refractivity contribution is 0.373. The van der Waals surface area contributed by atoms with Crippen LogP contribution in [0.2, 0.25) is 5.28 Å². The molecule has 1 aliphatic carbocycles.